The van der Waals surface area contributed by atoms with Gasteiger partial charge in [0.1, 0.15) is 0 Å². The third-order valence-corrected chi connectivity index (χ3v) is 6.49. The summed E-state index contributed by atoms with van der Waals surface area (Å²) in [6, 6.07) is 2.64. The first-order chi connectivity index (χ1) is 11.3. The Bertz CT molecular complexity index is 457. The van der Waals surface area contributed by atoms with Crippen LogP contribution in [0.5, 0.6) is 0 Å². The molecule has 2 unspecified atom stereocenters. The van der Waals surface area contributed by atoms with Gasteiger partial charge in [-0.05, 0) is 54.1 Å². The first kappa shape index (κ1) is 22.1. The van der Waals surface area contributed by atoms with Crippen LogP contribution in [0.4, 0.5) is 0 Å². The van der Waals surface area contributed by atoms with Crippen LogP contribution in [0.1, 0.15) is 38.3 Å². The van der Waals surface area contributed by atoms with Crippen molar-refractivity contribution in [2.24, 2.45) is 4.99 Å². The maximum absolute atomic E-state index is 4.38. The third-order valence-electron chi connectivity index (χ3n) is 4.39. The molecular formula is C17H31IN4S2. The number of nitrogens with zero attached hydrogens (tertiary/aromatic N) is 2. The van der Waals surface area contributed by atoms with E-state index in [1.807, 2.05) is 7.05 Å². The highest BCUT2D eigenvalue weighted by Gasteiger charge is 2.19. The highest BCUT2D eigenvalue weighted by Crippen LogP contribution is 2.25. The van der Waals surface area contributed by atoms with E-state index in [2.05, 4.69) is 63.0 Å². The van der Waals surface area contributed by atoms with Gasteiger partial charge in [0.15, 0.2) is 5.96 Å². The fourth-order valence-corrected chi connectivity index (χ4v) is 4.92. The number of halogens is 1. The first-order valence-electron chi connectivity index (χ1n) is 8.60. The predicted octanol–water partition coefficient (Wildman–Crippen LogP) is 3.81. The van der Waals surface area contributed by atoms with Gasteiger partial charge in [-0.1, -0.05) is 13.8 Å². The van der Waals surface area contributed by atoms with Crippen LogP contribution in [0, 0.1) is 0 Å². The molecule has 0 aromatic carbocycles. The minimum Gasteiger partial charge on any atom is -0.355 e. The fraction of sp³-hybridized carbons (Fsp3) is 0.706. The number of aliphatic imine (C=N–C) groups is 1. The lowest BCUT2D eigenvalue weighted by Gasteiger charge is -2.30. The Hall–Kier alpha value is 0.01000. The van der Waals surface area contributed by atoms with Gasteiger partial charge in [-0.15, -0.1) is 24.0 Å². The van der Waals surface area contributed by atoms with Gasteiger partial charge in [0, 0.05) is 25.4 Å². The zero-order valence-corrected chi connectivity index (χ0v) is 18.9. The third kappa shape index (κ3) is 6.72. The smallest absolute Gasteiger partial charge is 0.191 e. The van der Waals surface area contributed by atoms with Crippen molar-refractivity contribution in [2.45, 2.75) is 38.0 Å². The number of likely N-dealkylation sites (N-methyl/N-ethyl adjacent to an activating group) is 1. The second kappa shape index (κ2) is 12.4. The second-order valence-corrected chi connectivity index (χ2v) is 7.95. The summed E-state index contributed by atoms with van der Waals surface area (Å²) in [5.74, 6) is 2.23. The van der Waals surface area contributed by atoms with E-state index in [1.54, 1.807) is 11.3 Å². The number of thiophene rings is 1. The molecule has 1 aliphatic rings. The van der Waals surface area contributed by atoms with E-state index in [1.165, 1.54) is 24.2 Å². The topological polar surface area (TPSA) is 39.7 Å². The summed E-state index contributed by atoms with van der Waals surface area (Å²) in [5.41, 5.74) is 1.40. The van der Waals surface area contributed by atoms with Gasteiger partial charge in [-0.25, -0.2) is 0 Å². The van der Waals surface area contributed by atoms with Gasteiger partial charge in [0.2, 0.25) is 0 Å². The van der Waals surface area contributed by atoms with Crippen molar-refractivity contribution < 1.29 is 0 Å². The lowest BCUT2D eigenvalue weighted by atomic mass is 10.1. The van der Waals surface area contributed by atoms with Crippen LogP contribution in [-0.4, -0.2) is 55.1 Å². The van der Waals surface area contributed by atoms with Gasteiger partial charge in [-0.2, -0.15) is 23.1 Å². The van der Waals surface area contributed by atoms with E-state index >= 15 is 0 Å². The first-order valence-corrected chi connectivity index (χ1v) is 10.6. The molecule has 0 aliphatic carbocycles. The molecule has 2 atom stereocenters. The molecule has 1 aliphatic heterocycles. The molecule has 2 rings (SSSR count). The molecule has 0 radical (unpaired) electrons. The molecule has 1 saturated heterocycles. The Balaban J connectivity index is 0.00000288. The van der Waals surface area contributed by atoms with Crippen molar-refractivity contribution in [1.82, 2.24) is 15.5 Å². The lowest BCUT2D eigenvalue weighted by Crippen LogP contribution is -2.44. The van der Waals surface area contributed by atoms with Crippen molar-refractivity contribution in [2.75, 3.05) is 39.0 Å². The molecule has 138 valence electrons. The number of thioether (sulfide) groups is 1. The summed E-state index contributed by atoms with van der Waals surface area (Å²) in [6.07, 6.45) is 2.68. The Labute approximate surface area is 172 Å². The zero-order valence-electron chi connectivity index (χ0n) is 15.0. The van der Waals surface area contributed by atoms with Crippen LogP contribution < -0.4 is 10.6 Å². The number of rotatable bonds is 8. The monoisotopic (exact) mass is 482 g/mol. The Kier molecular flexibility index (Phi) is 11.4. The van der Waals surface area contributed by atoms with E-state index in [0.29, 0.717) is 6.04 Å². The standard InChI is InChI=1S/C17H30N4S2.HI/c1-4-21(5-2)16(14-8-10-22-13-14)12-20-17(18-3)19-11-15-7-6-9-23-15;/h8,10,13,15-16H,4-7,9,11-12H2,1-3H3,(H2,18,19,20);1H. The van der Waals surface area contributed by atoms with E-state index in [-0.39, 0.29) is 24.0 Å². The predicted molar refractivity (Wildman–Crippen MR) is 120 cm³/mol. The molecule has 4 nitrogen and oxygen atoms in total. The number of hydrogen-bond acceptors (Lipinski definition) is 4. The lowest BCUT2D eigenvalue weighted by molar-refractivity contribution is 0.219. The van der Waals surface area contributed by atoms with Crippen molar-refractivity contribution in [3.05, 3.63) is 22.4 Å². The number of hydrogen-bond donors (Lipinski definition) is 2. The summed E-state index contributed by atoms with van der Waals surface area (Å²) in [5, 5.41) is 12.2. The molecule has 1 aromatic rings. The Morgan fingerprint density at radius 2 is 2.17 bits per heavy atom. The van der Waals surface area contributed by atoms with E-state index in [9.17, 15) is 0 Å². The summed E-state index contributed by atoms with van der Waals surface area (Å²) < 4.78 is 0. The van der Waals surface area contributed by atoms with Crippen molar-refractivity contribution in [1.29, 1.82) is 0 Å². The van der Waals surface area contributed by atoms with Crippen molar-refractivity contribution in [3.8, 4) is 0 Å². The summed E-state index contributed by atoms with van der Waals surface area (Å²) in [7, 11) is 1.86. The number of guanidine groups is 1. The van der Waals surface area contributed by atoms with E-state index < -0.39 is 0 Å². The minimum absolute atomic E-state index is 0. The molecule has 2 heterocycles. The van der Waals surface area contributed by atoms with Gasteiger partial charge in [0.25, 0.3) is 0 Å². The molecular weight excluding hydrogens is 451 g/mol. The second-order valence-electron chi connectivity index (χ2n) is 5.76. The van der Waals surface area contributed by atoms with E-state index in [0.717, 1.165) is 37.4 Å². The van der Waals surface area contributed by atoms with Gasteiger partial charge in [-0.3, -0.25) is 9.89 Å². The van der Waals surface area contributed by atoms with Gasteiger partial charge < -0.3 is 10.6 Å². The minimum atomic E-state index is 0. The molecule has 7 heteroatoms. The largest absolute Gasteiger partial charge is 0.355 e. The van der Waals surface area contributed by atoms with Crippen LogP contribution in [0.25, 0.3) is 0 Å². The number of nitrogens with one attached hydrogen (secondary N) is 2. The molecule has 0 amide bonds. The maximum Gasteiger partial charge on any atom is 0.191 e. The normalized spacial score (nSPS) is 19.2. The van der Waals surface area contributed by atoms with Gasteiger partial charge in [0.05, 0.1) is 6.04 Å². The molecule has 0 bridgehead atoms. The van der Waals surface area contributed by atoms with E-state index in [4.69, 9.17) is 0 Å². The highest BCUT2D eigenvalue weighted by atomic mass is 127. The average molecular weight is 483 g/mol. The zero-order chi connectivity index (χ0) is 16.5. The van der Waals surface area contributed by atoms with Crippen LogP contribution in [-0.2, 0) is 0 Å². The van der Waals surface area contributed by atoms with Crippen molar-refractivity contribution >= 4 is 53.0 Å². The SMILES string of the molecule is CCN(CC)C(CNC(=NC)NCC1CCCS1)c1ccsc1.I. The molecule has 0 spiro atoms. The average Bonchev–Trinajstić information content (AvgIpc) is 3.27. The molecule has 2 N–H and O–H groups in total. The van der Waals surface area contributed by atoms with Crippen LogP contribution in [0.3, 0.4) is 0 Å². The van der Waals surface area contributed by atoms with Crippen molar-refractivity contribution in [3.63, 3.8) is 0 Å². The summed E-state index contributed by atoms with van der Waals surface area (Å²) in [6.45, 7) is 8.47. The summed E-state index contributed by atoms with van der Waals surface area (Å²) in [4.78, 5) is 6.88. The molecule has 24 heavy (non-hydrogen) atoms. The Morgan fingerprint density at radius 3 is 2.71 bits per heavy atom. The van der Waals surface area contributed by atoms with Crippen LogP contribution in [0.2, 0.25) is 0 Å². The quantitative estimate of drug-likeness (QED) is 0.336. The van der Waals surface area contributed by atoms with Crippen LogP contribution in [0.15, 0.2) is 21.8 Å². The molecule has 0 saturated carbocycles. The molecule has 1 fully saturated rings. The summed E-state index contributed by atoms with van der Waals surface area (Å²) >= 11 is 3.85. The fourth-order valence-electron chi connectivity index (χ4n) is 3.02. The van der Waals surface area contributed by atoms with Gasteiger partial charge >= 0.3 is 0 Å². The van der Waals surface area contributed by atoms with Crippen LogP contribution >= 0.6 is 47.1 Å². The Morgan fingerprint density at radius 1 is 1.38 bits per heavy atom. The maximum atomic E-state index is 4.38. The molecule has 1 aromatic heterocycles. The highest BCUT2D eigenvalue weighted by molar-refractivity contribution is 14.0.